The normalized spacial score (nSPS) is 19.3. The molecule has 0 amide bonds. The van der Waals surface area contributed by atoms with Gasteiger partial charge in [0.15, 0.2) is 0 Å². The number of nitrogens with zero attached hydrogens (tertiary/aromatic N) is 2. The van der Waals surface area contributed by atoms with Crippen LogP contribution < -0.4 is 5.32 Å². The van der Waals surface area contributed by atoms with E-state index in [4.69, 9.17) is 21.4 Å². The minimum atomic E-state index is -0.0379. The summed E-state index contributed by atoms with van der Waals surface area (Å²) in [6.07, 6.45) is 3.06. The van der Waals surface area contributed by atoms with E-state index in [1.54, 1.807) is 11.8 Å². The van der Waals surface area contributed by atoms with Crippen molar-refractivity contribution < 1.29 is 9.84 Å². The Morgan fingerprint density at radius 3 is 3.00 bits per heavy atom. The first-order chi connectivity index (χ1) is 9.22. The first kappa shape index (κ1) is 13.4. The number of fused-ring (bicyclic) bond motifs is 1. The van der Waals surface area contributed by atoms with E-state index < -0.39 is 0 Å². The zero-order chi connectivity index (χ0) is 13.3. The predicted octanol–water partition coefficient (Wildman–Crippen LogP) is 1.73. The fourth-order valence-corrected chi connectivity index (χ4v) is 3.40. The van der Waals surface area contributed by atoms with Gasteiger partial charge < -0.3 is 15.2 Å². The highest BCUT2D eigenvalue weighted by Crippen LogP contribution is 2.43. The maximum absolute atomic E-state index is 8.75. The molecule has 0 unspecified atom stereocenters. The molecule has 0 saturated heterocycles. The molecule has 7 heteroatoms. The van der Waals surface area contributed by atoms with Gasteiger partial charge in [-0.05, 0) is 24.4 Å². The van der Waals surface area contributed by atoms with Crippen LogP contribution in [0.1, 0.15) is 18.5 Å². The summed E-state index contributed by atoms with van der Waals surface area (Å²) in [5, 5.41) is 12.5. The first-order valence-corrected chi connectivity index (χ1v) is 7.75. The molecule has 2 aliphatic rings. The molecule has 2 N–H and O–H groups in total. The number of thioether (sulfide) groups is 1. The zero-order valence-corrected chi connectivity index (χ0v) is 12.1. The van der Waals surface area contributed by atoms with Crippen LogP contribution >= 0.6 is 23.4 Å². The molecule has 0 atom stereocenters. The van der Waals surface area contributed by atoms with Crippen molar-refractivity contribution in [2.24, 2.45) is 0 Å². The largest absolute Gasteiger partial charge is 0.394 e. The van der Waals surface area contributed by atoms with E-state index in [-0.39, 0.29) is 12.1 Å². The van der Waals surface area contributed by atoms with Crippen LogP contribution in [0.4, 0.5) is 5.82 Å². The summed E-state index contributed by atoms with van der Waals surface area (Å²) >= 11 is 7.74. The molecule has 1 fully saturated rings. The molecule has 0 aromatic carbocycles. The topological polar surface area (TPSA) is 67.3 Å². The van der Waals surface area contributed by atoms with Crippen molar-refractivity contribution in [1.82, 2.24) is 9.97 Å². The number of aryl methyl sites for hydroxylation is 1. The van der Waals surface area contributed by atoms with Crippen LogP contribution in [-0.4, -0.2) is 46.2 Å². The monoisotopic (exact) mass is 301 g/mol. The number of ether oxygens (including phenoxy) is 1. The molecule has 3 rings (SSSR count). The van der Waals surface area contributed by atoms with E-state index in [2.05, 4.69) is 15.3 Å². The van der Waals surface area contributed by atoms with Crippen LogP contribution in [0.2, 0.25) is 5.28 Å². The van der Waals surface area contributed by atoms with Gasteiger partial charge in [0.05, 0.1) is 35.9 Å². The van der Waals surface area contributed by atoms with Crippen molar-refractivity contribution in [1.29, 1.82) is 0 Å². The Morgan fingerprint density at radius 2 is 2.26 bits per heavy atom. The van der Waals surface area contributed by atoms with E-state index in [1.807, 2.05) is 0 Å². The molecule has 19 heavy (non-hydrogen) atoms. The van der Waals surface area contributed by atoms with Gasteiger partial charge in [-0.2, -0.15) is 4.98 Å². The molecule has 5 nitrogen and oxygen atoms in total. The van der Waals surface area contributed by atoms with Gasteiger partial charge in [0, 0.05) is 12.2 Å². The summed E-state index contributed by atoms with van der Waals surface area (Å²) in [5.74, 6) is 1.87. The third-order valence-corrected chi connectivity index (χ3v) is 4.64. The van der Waals surface area contributed by atoms with E-state index in [0.717, 1.165) is 41.4 Å². The highest BCUT2D eigenvalue weighted by Gasteiger charge is 2.44. The number of halogens is 1. The molecule has 0 bridgehead atoms. The van der Waals surface area contributed by atoms with E-state index in [1.165, 1.54) is 0 Å². The lowest BCUT2D eigenvalue weighted by atomic mass is 10.2. The van der Waals surface area contributed by atoms with E-state index in [0.29, 0.717) is 18.5 Å². The molecule has 1 aromatic rings. The average Bonchev–Trinajstić information content (AvgIpc) is 2.97. The summed E-state index contributed by atoms with van der Waals surface area (Å²) in [6, 6.07) is 0. The smallest absolute Gasteiger partial charge is 0.224 e. The van der Waals surface area contributed by atoms with Crippen LogP contribution in [0.5, 0.6) is 0 Å². The Kier molecular flexibility index (Phi) is 3.84. The fourth-order valence-electron chi connectivity index (χ4n) is 2.16. The quantitative estimate of drug-likeness (QED) is 0.616. The lowest BCUT2D eigenvalue weighted by Gasteiger charge is -2.19. The number of aliphatic hydroxyl groups excluding tert-OH is 1. The standard InChI is InChI=1S/C12H16ClN3O2S/c13-11-14-8-1-6-19-9(8)10(15-11)16-12(2-3-12)7-18-5-4-17/h17H,1-7H2,(H,14,15,16). The fraction of sp³-hybridized carbons (Fsp3) is 0.667. The Hall–Kier alpha value is -0.560. The van der Waals surface area contributed by atoms with Gasteiger partial charge in [0.25, 0.3) is 0 Å². The van der Waals surface area contributed by atoms with Crippen molar-refractivity contribution in [3.05, 3.63) is 11.0 Å². The minimum absolute atomic E-state index is 0.0379. The van der Waals surface area contributed by atoms with E-state index >= 15 is 0 Å². The number of anilines is 1. The number of rotatable bonds is 6. The molecule has 1 aromatic heterocycles. The summed E-state index contributed by atoms with van der Waals surface area (Å²) in [6.45, 7) is 1.02. The van der Waals surface area contributed by atoms with E-state index in [9.17, 15) is 0 Å². The molecule has 2 heterocycles. The van der Waals surface area contributed by atoms with Crippen LogP contribution in [0, 0.1) is 0 Å². The molecule has 1 saturated carbocycles. The SMILES string of the molecule is OCCOCC1(Nc2nc(Cl)nc3c2SCC3)CC1. The van der Waals surface area contributed by atoms with Gasteiger partial charge in [0.1, 0.15) is 5.82 Å². The Morgan fingerprint density at radius 1 is 1.42 bits per heavy atom. The Balaban J connectivity index is 1.73. The summed E-state index contributed by atoms with van der Waals surface area (Å²) in [5.41, 5.74) is 1.00. The molecule has 104 valence electrons. The van der Waals surface area contributed by atoms with Gasteiger partial charge in [0.2, 0.25) is 5.28 Å². The molecular formula is C12H16ClN3O2S. The summed E-state index contributed by atoms with van der Waals surface area (Å²) < 4.78 is 5.44. The second-order valence-corrected chi connectivity index (χ2v) is 6.34. The van der Waals surface area contributed by atoms with Crippen LogP contribution in [-0.2, 0) is 11.2 Å². The van der Waals surface area contributed by atoms with Crippen molar-refractivity contribution in [3.8, 4) is 0 Å². The van der Waals surface area contributed by atoms with Crippen molar-refractivity contribution in [2.45, 2.75) is 29.7 Å². The first-order valence-electron chi connectivity index (χ1n) is 6.38. The summed E-state index contributed by atoms with van der Waals surface area (Å²) in [4.78, 5) is 9.71. The predicted molar refractivity (Wildman–Crippen MR) is 75.0 cm³/mol. The lowest BCUT2D eigenvalue weighted by molar-refractivity contribution is 0.0822. The van der Waals surface area contributed by atoms with Crippen molar-refractivity contribution in [2.75, 3.05) is 30.9 Å². The molecule has 0 radical (unpaired) electrons. The van der Waals surface area contributed by atoms with Gasteiger partial charge >= 0.3 is 0 Å². The van der Waals surface area contributed by atoms with Gasteiger partial charge in [-0.3, -0.25) is 0 Å². The van der Waals surface area contributed by atoms with Crippen LogP contribution in [0.3, 0.4) is 0 Å². The second kappa shape index (κ2) is 5.44. The van der Waals surface area contributed by atoms with Crippen LogP contribution in [0.25, 0.3) is 0 Å². The Labute approximate surface area is 121 Å². The van der Waals surface area contributed by atoms with Crippen LogP contribution in [0.15, 0.2) is 4.90 Å². The third kappa shape index (κ3) is 2.97. The van der Waals surface area contributed by atoms with Crippen molar-refractivity contribution >= 4 is 29.2 Å². The number of nitrogens with one attached hydrogen (secondary N) is 1. The molecular weight excluding hydrogens is 286 g/mol. The molecule has 1 aliphatic carbocycles. The third-order valence-electron chi connectivity index (χ3n) is 3.34. The molecule has 1 aliphatic heterocycles. The van der Waals surface area contributed by atoms with Gasteiger partial charge in [-0.1, -0.05) is 0 Å². The highest BCUT2D eigenvalue weighted by atomic mass is 35.5. The number of hydrogen-bond donors (Lipinski definition) is 2. The Bertz CT molecular complexity index is 482. The van der Waals surface area contributed by atoms with Gasteiger partial charge in [-0.15, -0.1) is 11.8 Å². The van der Waals surface area contributed by atoms with Gasteiger partial charge in [-0.25, -0.2) is 4.98 Å². The average molecular weight is 302 g/mol. The number of aliphatic hydroxyl groups is 1. The highest BCUT2D eigenvalue weighted by molar-refractivity contribution is 7.99. The second-order valence-electron chi connectivity index (χ2n) is 4.90. The number of aromatic nitrogens is 2. The lowest BCUT2D eigenvalue weighted by Crippen LogP contribution is -2.29. The number of hydrogen-bond acceptors (Lipinski definition) is 6. The zero-order valence-electron chi connectivity index (χ0n) is 10.5. The minimum Gasteiger partial charge on any atom is -0.394 e. The van der Waals surface area contributed by atoms with Crippen molar-refractivity contribution in [3.63, 3.8) is 0 Å². The molecule has 0 spiro atoms. The summed E-state index contributed by atoms with van der Waals surface area (Å²) in [7, 11) is 0. The maximum atomic E-state index is 8.75. The maximum Gasteiger partial charge on any atom is 0.224 e.